The van der Waals surface area contributed by atoms with Crippen LogP contribution in [0, 0.1) is 5.92 Å². The van der Waals surface area contributed by atoms with E-state index in [9.17, 15) is 4.79 Å². The van der Waals surface area contributed by atoms with Crippen LogP contribution in [0.2, 0.25) is 0 Å². The molecule has 1 rings (SSSR count). The predicted octanol–water partition coefficient (Wildman–Crippen LogP) is 2.32. The van der Waals surface area contributed by atoms with E-state index in [0.717, 1.165) is 18.5 Å². The van der Waals surface area contributed by atoms with Gasteiger partial charge in [0.1, 0.15) is 6.04 Å². The highest BCUT2D eigenvalue weighted by molar-refractivity contribution is 5.73. The third-order valence-electron chi connectivity index (χ3n) is 2.69. The van der Waals surface area contributed by atoms with Crippen LogP contribution in [-0.4, -0.2) is 23.7 Å². The number of benzene rings is 1. The first-order valence-corrected chi connectivity index (χ1v) is 6.09. The molecule has 3 nitrogen and oxygen atoms in total. The van der Waals surface area contributed by atoms with Crippen LogP contribution >= 0.6 is 0 Å². The number of hydrogen-bond donors (Lipinski definition) is 2. The zero-order valence-corrected chi connectivity index (χ0v) is 10.5. The Morgan fingerprint density at radius 2 is 1.94 bits per heavy atom. The molecule has 0 saturated carbocycles. The van der Waals surface area contributed by atoms with E-state index in [0.29, 0.717) is 12.3 Å². The maximum Gasteiger partial charge on any atom is 0.321 e. The number of carbonyl (C=O) groups is 1. The van der Waals surface area contributed by atoms with E-state index >= 15 is 0 Å². The van der Waals surface area contributed by atoms with Crippen LogP contribution in [0.3, 0.4) is 0 Å². The van der Waals surface area contributed by atoms with Crippen molar-refractivity contribution in [3.63, 3.8) is 0 Å². The number of aliphatic carboxylic acids is 1. The molecule has 3 heteroatoms. The van der Waals surface area contributed by atoms with Gasteiger partial charge in [-0.15, -0.1) is 0 Å². The van der Waals surface area contributed by atoms with Gasteiger partial charge in [-0.2, -0.15) is 0 Å². The normalized spacial score (nSPS) is 12.6. The van der Waals surface area contributed by atoms with E-state index in [-0.39, 0.29) is 0 Å². The van der Waals surface area contributed by atoms with Crippen molar-refractivity contribution in [3.05, 3.63) is 35.9 Å². The molecule has 0 radical (unpaired) electrons. The van der Waals surface area contributed by atoms with Gasteiger partial charge in [-0.05, 0) is 30.9 Å². The molecule has 0 heterocycles. The Morgan fingerprint density at radius 1 is 1.29 bits per heavy atom. The van der Waals surface area contributed by atoms with E-state index < -0.39 is 12.0 Å². The van der Waals surface area contributed by atoms with E-state index in [1.165, 1.54) is 0 Å². The van der Waals surface area contributed by atoms with Gasteiger partial charge in [0.05, 0.1) is 0 Å². The van der Waals surface area contributed by atoms with Crippen molar-refractivity contribution in [1.82, 2.24) is 5.32 Å². The molecular weight excluding hydrogens is 214 g/mol. The second-order valence-electron chi connectivity index (χ2n) is 4.72. The molecular formula is C14H21NO2. The fourth-order valence-electron chi connectivity index (χ4n) is 1.64. The minimum Gasteiger partial charge on any atom is -0.480 e. The van der Waals surface area contributed by atoms with Crippen molar-refractivity contribution >= 4 is 5.97 Å². The summed E-state index contributed by atoms with van der Waals surface area (Å²) < 4.78 is 0. The van der Waals surface area contributed by atoms with Gasteiger partial charge in [0.25, 0.3) is 0 Å². The summed E-state index contributed by atoms with van der Waals surface area (Å²) in [6.45, 7) is 5.02. The highest BCUT2D eigenvalue weighted by Crippen LogP contribution is 2.04. The predicted molar refractivity (Wildman–Crippen MR) is 69.0 cm³/mol. The van der Waals surface area contributed by atoms with Crippen molar-refractivity contribution in [2.75, 3.05) is 6.54 Å². The Morgan fingerprint density at radius 3 is 2.47 bits per heavy atom. The lowest BCUT2D eigenvalue weighted by Crippen LogP contribution is -2.39. The highest BCUT2D eigenvalue weighted by atomic mass is 16.4. The van der Waals surface area contributed by atoms with Gasteiger partial charge < -0.3 is 10.4 Å². The average Bonchev–Trinajstić information content (AvgIpc) is 2.28. The van der Waals surface area contributed by atoms with Gasteiger partial charge in [0.2, 0.25) is 0 Å². The number of rotatable bonds is 7. The first kappa shape index (κ1) is 13.7. The maximum atomic E-state index is 11.1. The summed E-state index contributed by atoms with van der Waals surface area (Å²) in [5.41, 5.74) is 1.05. The average molecular weight is 235 g/mol. The van der Waals surface area contributed by atoms with E-state index in [1.807, 2.05) is 30.3 Å². The lowest BCUT2D eigenvalue weighted by molar-refractivity contribution is -0.139. The molecule has 2 N–H and O–H groups in total. The first-order chi connectivity index (χ1) is 8.09. The van der Waals surface area contributed by atoms with Crippen LogP contribution in [0.25, 0.3) is 0 Å². The quantitative estimate of drug-likeness (QED) is 0.762. The largest absolute Gasteiger partial charge is 0.480 e. The van der Waals surface area contributed by atoms with Gasteiger partial charge in [0.15, 0.2) is 0 Å². The van der Waals surface area contributed by atoms with Crippen LogP contribution < -0.4 is 5.32 Å². The third kappa shape index (κ3) is 5.50. The SMILES string of the molecule is CC(C)CCNC(Cc1ccccc1)C(=O)O. The van der Waals surface area contributed by atoms with Crippen LogP contribution in [0.5, 0.6) is 0 Å². The van der Waals surface area contributed by atoms with Gasteiger partial charge in [-0.1, -0.05) is 44.2 Å². The molecule has 0 bridgehead atoms. The maximum absolute atomic E-state index is 11.1. The summed E-state index contributed by atoms with van der Waals surface area (Å²) in [6.07, 6.45) is 1.53. The monoisotopic (exact) mass is 235 g/mol. The summed E-state index contributed by atoms with van der Waals surface area (Å²) in [4.78, 5) is 11.1. The zero-order chi connectivity index (χ0) is 12.7. The third-order valence-corrected chi connectivity index (χ3v) is 2.69. The van der Waals surface area contributed by atoms with Crippen LogP contribution in [0.4, 0.5) is 0 Å². The van der Waals surface area contributed by atoms with Crippen molar-refractivity contribution < 1.29 is 9.90 Å². The second-order valence-corrected chi connectivity index (χ2v) is 4.72. The van der Waals surface area contributed by atoms with Crippen LogP contribution in [0.15, 0.2) is 30.3 Å². The summed E-state index contributed by atoms with van der Waals surface area (Å²) >= 11 is 0. The Balaban J connectivity index is 2.47. The van der Waals surface area contributed by atoms with Crippen molar-refractivity contribution in [2.24, 2.45) is 5.92 Å². The standard InChI is InChI=1S/C14H21NO2/c1-11(2)8-9-15-13(14(16)17)10-12-6-4-3-5-7-12/h3-7,11,13,15H,8-10H2,1-2H3,(H,16,17). The summed E-state index contributed by atoms with van der Waals surface area (Å²) in [7, 11) is 0. The van der Waals surface area contributed by atoms with Gasteiger partial charge in [0, 0.05) is 0 Å². The number of nitrogens with one attached hydrogen (secondary N) is 1. The summed E-state index contributed by atoms with van der Waals surface area (Å²) in [5.74, 6) is -0.189. The molecule has 1 unspecified atom stereocenters. The van der Waals surface area contributed by atoms with Gasteiger partial charge in [-0.25, -0.2) is 0 Å². The van der Waals surface area contributed by atoms with E-state index in [1.54, 1.807) is 0 Å². The van der Waals surface area contributed by atoms with Crippen LogP contribution in [0.1, 0.15) is 25.8 Å². The Kier molecular flexibility index (Phi) is 5.70. The molecule has 94 valence electrons. The molecule has 0 aliphatic carbocycles. The van der Waals surface area contributed by atoms with Gasteiger partial charge >= 0.3 is 5.97 Å². The van der Waals surface area contributed by atoms with Crippen molar-refractivity contribution in [1.29, 1.82) is 0 Å². The molecule has 1 aromatic carbocycles. The molecule has 17 heavy (non-hydrogen) atoms. The van der Waals surface area contributed by atoms with Crippen molar-refractivity contribution in [2.45, 2.75) is 32.7 Å². The number of carboxylic acids is 1. The van der Waals surface area contributed by atoms with E-state index in [2.05, 4.69) is 19.2 Å². The van der Waals surface area contributed by atoms with Crippen molar-refractivity contribution in [3.8, 4) is 0 Å². The molecule has 0 saturated heterocycles. The summed E-state index contributed by atoms with van der Waals surface area (Å²) in [5, 5.41) is 12.2. The van der Waals surface area contributed by atoms with Crippen LogP contribution in [-0.2, 0) is 11.2 Å². The molecule has 1 aromatic rings. The Bertz CT molecular complexity index is 335. The number of carboxylic acid groups (broad SMARTS) is 1. The molecule has 1 atom stereocenters. The smallest absolute Gasteiger partial charge is 0.321 e. The lowest BCUT2D eigenvalue weighted by atomic mass is 10.1. The first-order valence-electron chi connectivity index (χ1n) is 6.09. The second kappa shape index (κ2) is 7.07. The lowest BCUT2D eigenvalue weighted by Gasteiger charge is -2.15. The fourth-order valence-corrected chi connectivity index (χ4v) is 1.64. The van der Waals surface area contributed by atoms with E-state index in [4.69, 9.17) is 5.11 Å². The minimum absolute atomic E-state index is 0.490. The Labute approximate surface area is 103 Å². The molecule has 0 amide bonds. The number of hydrogen-bond acceptors (Lipinski definition) is 2. The highest BCUT2D eigenvalue weighted by Gasteiger charge is 2.16. The molecule has 0 aliphatic rings. The topological polar surface area (TPSA) is 49.3 Å². The summed E-state index contributed by atoms with van der Waals surface area (Å²) in [6, 6.07) is 9.23. The fraction of sp³-hybridized carbons (Fsp3) is 0.500. The molecule has 0 spiro atoms. The van der Waals surface area contributed by atoms with Gasteiger partial charge in [-0.3, -0.25) is 4.79 Å². The molecule has 0 aromatic heterocycles. The zero-order valence-electron chi connectivity index (χ0n) is 10.5. The molecule has 0 aliphatic heterocycles. The minimum atomic E-state index is -0.780. The Hall–Kier alpha value is -1.35. The molecule has 0 fully saturated rings.